The first-order valence-electron chi connectivity index (χ1n) is 7.14. The van der Waals surface area contributed by atoms with E-state index in [2.05, 4.69) is 20.3 Å². The maximum absolute atomic E-state index is 13.5. The van der Waals surface area contributed by atoms with Gasteiger partial charge in [-0.3, -0.25) is 0 Å². The molecule has 0 saturated heterocycles. The first-order valence-corrected chi connectivity index (χ1v) is 7.14. The van der Waals surface area contributed by atoms with Crippen LogP contribution in [0.15, 0.2) is 30.3 Å². The van der Waals surface area contributed by atoms with E-state index < -0.39 is 5.97 Å². The Labute approximate surface area is 127 Å². The molecule has 0 spiro atoms. The maximum atomic E-state index is 13.5. The summed E-state index contributed by atoms with van der Waals surface area (Å²) < 4.78 is 18.1. The summed E-state index contributed by atoms with van der Waals surface area (Å²) in [6.45, 7) is 0. The number of aryl methyl sites for hydroxylation is 1. The highest BCUT2D eigenvalue weighted by molar-refractivity contribution is 5.86. The fourth-order valence-corrected chi connectivity index (χ4v) is 2.72. The minimum Gasteiger partial charge on any atom is -0.464 e. The van der Waals surface area contributed by atoms with Crippen LogP contribution in [-0.4, -0.2) is 23.3 Å². The number of hydrogen-bond donors (Lipinski definition) is 1. The number of benzene rings is 1. The number of ether oxygens (including phenoxy) is 1. The van der Waals surface area contributed by atoms with Gasteiger partial charge >= 0.3 is 5.97 Å². The first-order chi connectivity index (χ1) is 10.7. The fraction of sp³-hybridized carbons (Fsp3) is 0.312. The highest BCUT2D eigenvalue weighted by atomic mass is 19.1. The van der Waals surface area contributed by atoms with E-state index in [1.165, 1.54) is 13.2 Å². The molecule has 2 aromatic rings. The summed E-state index contributed by atoms with van der Waals surface area (Å²) in [5, 5.41) is 11.1. The third-order valence-corrected chi connectivity index (χ3v) is 3.80. The minimum atomic E-state index is -0.524. The number of carbonyl (C=O) groups excluding carboxylic acids is 1. The van der Waals surface area contributed by atoms with Gasteiger partial charge in [0.1, 0.15) is 11.6 Å². The van der Waals surface area contributed by atoms with Gasteiger partial charge in [-0.05, 0) is 54.7 Å². The zero-order chi connectivity index (χ0) is 15.5. The van der Waals surface area contributed by atoms with Crippen molar-refractivity contribution in [1.29, 1.82) is 0 Å². The number of esters is 1. The van der Waals surface area contributed by atoms with Crippen molar-refractivity contribution in [3.05, 3.63) is 53.0 Å². The molecule has 1 atom stereocenters. The number of nitrogens with one attached hydrogen (secondary N) is 1. The number of methoxy groups -OCH3 is 1. The molecule has 0 bridgehead atoms. The zero-order valence-electron chi connectivity index (χ0n) is 12.2. The van der Waals surface area contributed by atoms with Crippen LogP contribution in [0, 0.1) is 5.82 Å². The van der Waals surface area contributed by atoms with E-state index in [9.17, 15) is 9.18 Å². The predicted molar refractivity (Wildman–Crippen MR) is 79.1 cm³/mol. The molecule has 114 valence electrons. The summed E-state index contributed by atoms with van der Waals surface area (Å²) in [6.07, 6.45) is 2.89. The Morgan fingerprint density at radius 3 is 2.91 bits per heavy atom. The van der Waals surface area contributed by atoms with Gasteiger partial charge in [0.2, 0.25) is 0 Å². The molecule has 1 aliphatic rings. The summed E-state index contributed by atoms with van der Waals surface area (Å²) in [4.78, 5) is 11.3. The summed E-state index contributed by atoms with van der Waals surface area (Å²) in [5.41, 5.74) is 2.28. The standard InChI is InChI=1S/C16H16FN3O2/c1-22-16(21)14-7-8-15(20-19-14)18-13-4-2-3-10-5-6-11(17)9-12(10)13/h5-9,13H,2-4H2,1H3,(H,18,20). The van der Waals surface area contributed by atoms with Crippen LogP contribution >= 0.6 is 0 Å². The van der Waals surface area contributed by atoms with Gasteiger partial charge in [-0.15, -0.1) is 10.2 Å². The quantitative estimate of drug-likeness (QED) is 0.883. The van der Waals surface area contributed by atoms with Crippen molar-refractivity contribution in [2.24, 2.45) is 0 Å². The normalized spacial score (nSPS) is 16.7. The van der Waals surface area contributed by atoms with E-state index in [0.717, 1.165) is 30.4 Å². The largest absolute Gasteiger partial charge is 0.464 e. The molecule has 6 heteroatoms. The molecule has 0 saturated carbocycles. The van der Waals surface area contributed by atoms with Crippen molar-refractivity contribution < 1.29 is 13.9 Å². The Kier molecular flexibility index (Phi) is 4.00. The van der Waals surface area contributed by atoms with Crippen molar-refractivity contribution in [3.8, 4) is 0 Å². The molecule has 1 unspecified atom stereocenters. The molecule has 0 radical (unpaired) electrons. The average Bonchev–Trinajstić information content (AvgIpc) is 2.55. The van der Waals surface area contributed by atoms with Crippen LogP contribution in [0.3, 0.4) is 0 Å². The van der Waals surface area contributed by atoms with E-state index in [4.69, 9.17) is 0 Å². The number of fused-ring (bicyclic) bond motifs is 1. The lowest BCUT2D eigenvalue weighted by Gasteiger charge is -2.26. The van der Waals surface area contributed by atoms with Crippen LogP contribution in [0.2, 0.25) is 0 Å². The van der Waals surface area contributed by atoms with Gasteiger partial charge in [0, 0.05) is 0 Å². The van der Waals surface area contributed by atoms with E-state index in [0.29, 0.717) is 5.82 Å². The summed E-state index contributed by atoms with van der Waals surface area (Å²) in [5.74, 6) is -0.210. The minimum absolute atomic E-state index is 0.00210. The van der Waals surface area contributed by atoms with Gasteiger partial charge in [-0.1, -0.05) is 6.07 Å². The first kappa shape index (κ1) is 14.4. The Hall–Kier alpha value is -2.50. The summed E-state index contributed by atoms with van der Waals surface area (Å²) in [7, 11) is 1.30. The molecule has 1 aromatic carbocycles. The van der Waals surface area contributed by atoms with E-state index in [1.807, 2.05) is 6.07 Å². The van der Waals surface area contributed by atoms with Gasteiger partial charge in [-0.2, -0.15) is 0 Å². The Balaban J connectivity index is 1.80. The highest BCUT2D eigenvalue weighted by Crippen LogP contribution is 2.32. The SMILES string of the molecule is COC(=O)c1ccc(NC2CCCc3ccc(F)cc32)nn1. The Morgan fingerprint density at radius 1 is 1.32 bits per heavy atom. The average molecular weight is 301 g/mol. The fourth-order valence-electron chi connectivity index (χ4n) is 2.72. The second kappa shape index (κ2) is 6.09. The zero-order valence-corrected chi connectivity index (χ0v) is 12.2. The molecular formula is C16H16FN3O2. The number of anilines is 1. The number of aromatic nitrogens is 2. The predicted octanol–water partition coefficient (Wildman–Crippen LogP) is 2.89. The monoisotopic (exact) mass is 301 g/mol. The Morgan fingerprint density at radius 2 is 2.18 bits per heavy atom. The number of hydrogen-bond acceptors (Lipinski definition) is 5. The number of rotatable bonds is 3. The van der Waals surface area contributed by atoms with Crippen LogP contribution in [0.1, 0.15) is 40.5 Å². The van der Waals surface area contributed by atoms with Gasteiger partial charge in [0.05, 0.1) is 13.2 Å². The maximum Gasteiger partial charge on any atom is 0.358 e. The highest BCUT2D eigenvalue weighted by Gasteiger charge is 2.21. The van der Waals surface area contributed by atoms with Crippen molar-refractivity contribution in [2.75, 3.05) is 12.4 Å². The van der Waals surface area contributed by atoms with Crippen LogP contribution in [0.25, 0.3) is 0 Å². The number of carbonyl (C=O) groups is 1. The van der Waals surface area contributed by atoms with Gasteiger partial charge in [0.15, 0.2) is 5.69 Å². The van der Waals surface area contributed by atoms with E-state index in [1.54, 1.807) is 18.2 Å². The van der Waals surface area contributed by atoms with Crippen molar-refractivity contribution >= 4 is 11.8 Å². The molecule has 1 N–H and O–H groups in total. The molecule has 1 heterocycles. The molecule has 0 fully saturated rings. The molecule has 1 aromatic heterocycles. The van der Waals surface area contributed by atoms with Crippen LogP contribution in [0.5, 0.6) is 0 Å². The van der Waals surface area contributed by atoms with E-state index in [-0.39, 0.29) is 17.6 Å². The summed E-state index contributed by atoms with van der Waals surface area (Å²) >= 11 is 0. The second-order valence-electron chi connectivity index (χ2n) is 5.23. The number of nitrogens with zero attached hydrogens (tertiary/aromatic N) is 2. The molecule has 1 aliphatic carbocycles. The second-order valence-corrected chi connectivity index (χ2v) is 5.23. The number of halogens is 1. The molecule has 0 amide bonds. The molecule has 5 nitrogen and oxygen atoms in total. The summed E-state index contributed by atoms with van der Waals surface area (Å²) in [6, 6.07) is 8.13. The van der Waals surface area contributed by atoms with Crippen LogP contribution < -0.4 is 5.32 Å². The lowest BCUT2D eigenvalue weighted by molar-refractivity contribution is 0.0593. The molecule has 0 aliphatic heterocycles. The van der Waals surface area contributed by atoms with Crippen molar-refractivity contribution in [2.45, 2.75) is 25.3 Å². The van der Waals surface area contributed by atoms with Crippen LogP contribution in [0.4, 0.5) is 10.2 Å². The van der Waals surface area contributed by atoms with Gasteiger partial charge < -0.3 is 10.1 Å². The van der Waals surface area contributed by atoms with Crippen molar-refractivity contribution in [3.63, 3.8) is 0 Å². The van der Waals surface area contributed by atoms with Crippen molar-refractivity contribution in [1.82, 2.24) is 10.2 Å². The lowest BCUT2D eigenvalue weighted by atomic mass is 9.87. The third kappa shape index (κ3) is 2.90. The van der Waals surface area contributed by atoms with E-state index >= 15 is 0 Å². The Bertz CT molecular complexity index is 688. The molecule has 22 heavy (non-hydrogen) atoms. The smallest absolute Gasteiger partial charge is 0.358 e. The topological polar surface area (TPSA) is 64.1 Å². The van der Waals surface area contributed by atoms with Crippen LogP contribution in [-0.2, 0) is 11.2 Å². The third-order valence-electron chi connectivity index (χ3n) is 3.80. The molecular weight excluding hydrogens is 285 g/mol. The lowest BCUT2D eigenvalue weighted by Crippen LogP contribution is -2.18. The van der Waals surface area contributed by atoms with Gasteiger partial charge in [-0.25, -0.2) is 9.18 Å². The van der Waals surface area contributed by atoms with Gasteiger partial charge in [0.25, 0.3) is 0 Å². The molecule has 3 rings (SSSR count).